The van der Waals surface area contributed by atoms with E-state index in [-0.39, 0.29) is 11.3 Å². The Morgan fingerprint density at radius 2 is 1.81 bits per heavy atom. The molecule has 3 aromatic carbocycles. The zero-order valence-electron chi connectivity index (χ0n) is 24.2. The summed E-state index contributed by atoms with van der Waals surface area (Å²) in [5, 5.41) is 12.0. The van der Waals surface area contributed by atoms with Gasteiger partial charge in [0.05, 0.1) is 35.0 Å². The number of unbranched alkanes of at least 4 members (excludes halogenated alkanes) is 1. The van der Waals surface area contributed by atoms with Crippen LogP contribution in [0.1, 0.15) is 49.4 Å². The van der Waals surface area contributed by atoms with Gasteiger partial charge in [-0.1, -0.05) is 36.8 Å². The summed E-state index contributed by atoms with van der Waals surface area (Å²) in [6.07, 6.45) is 1.87. The Kier molecular flexibility index (Phi) is 7.94. The lowest BCUT2D eigenvalue weighted by atomic mass is 9.95. The predicted octanol–water partition coefficient (Wildman–Crippen LogP) is 6.58. The molecule has 3 heterocycles. The molecule has 0 bridgehead atoms. The number of hydrogen-bond donors (Lipinski definition) is 1. The number of aliphatic hydroxyl groups excluding tert-OH is 1. The van der Waals surface area contributed by atoms with Gasteiger partial charge in [0, 0.05) is 5.56 Å². The maximum absolute atomic E-state index is 13.8. The number of thiazole rings is 1. The molecule has 0 saturated carbocycles. The normalized spacial score (nSPS) is 17.5. The SMILES string of the molecule is CCCCOc1ccc(C2/C(=C(\O)c3ccc4c(c3)OCCO4)C(=O)C(=O)N2c2nc3ccc(C)cc3s2)cc1OCC. The molecule has 2 aliphatic rings. The van der Waals surface area contributed by atoms with E-state index in [1.165, 1.54) is 16.2 Å². The third kappa shape index (κ3) is 5.38. The molecule has 1 amide bonds. The minimum absolute atomic E-state index is 0.0563. The van der Waals surface area contributed by atoms with E-state index in [2.05, 4.69) is 6.92 Å². The second-order valence-electron chi connectivity index (χ2n) is 10.3. The van der Waals surface area contributed by atoms with E-state index in [4.69, 9.17) is 23.9 Å². The summed E-state index contributed by atoms with van der Waals surface area (Å²) in [4.78, 5) is 33.6. The first-order chi connectivity index (χ1) is 20.9. The van der Waals surface area contributed by atoms with E-state index in [0.29, 0.717) is 71.2 Å². The van der Waals surface area contributed by atoms with Crippen molar-refractivity contribution in [1.29, 1.82) is 0 Å². The lowest BCUT2D eigenvalue weighted by molar-refractivity contribution is -0.132. The zero-order valence-corrected chi connectivity index (χ0v) is 25.0. The van der Waals surface area contributed by atoms with Gasteiger partial charge in [-0.3, -0.25) is 14.5 Å². The van der Waals surface area contributed by atoms with E-state index in [0.717, 1.165) is 23.1 Å². The van der Waals surface area contributed by atoms with Crippen LogP contribution < -0.4 is 23.8 Å². The molecule has 0 aliphatic carbocycles. The lowest BCUT2D eigenvalue weighted by Gasteiger charge is -2.24. The highest BCUT2D eigenvalue weighted by atomic mass is 32.1. The molecular formula is C33H32N2O7S. The maximum Gasteiger partial charge on any atom is 0.301 e. The molecule has 0 spiro atoms. The summed E-state index contributed by atoms with van der Waals surface area (Å²) >= 11 is 1.32. The number of rotatable bonds is 9. The van der Waals surface area contributed by atoms with E-state index >= 15 is 0 Å². The van der Waals surface area contributed by atoms with Crippen molar-refractivity contribution in [3.63, 3.8) is 0 Å². The number of Topliss-reactive ketones (excluding diaryl/α,β-unsaturated/α-hetero) is 1. The molecule has 1 N–H and O–H groups in total. The molecule has 1 unspecified atom stereocenters. The number of aryl methyl sites for hydroxylation is 1. The standard InChI is InChI=1S/C33H32N2O7S/c1-4-6-13-40-23-11-8-20(17-25(23)39-5-2)29-28(30(36)21-9-12-24-26(18-21)42-15-14-41-24)31(37)32(38)35(29)33-34-22-10-7-19(3)16-27(22)43-33/h7-12,16-18,29,36H,4-6,13-15H2,1-3H3/b30-28+. The number of aromatic nitrogens is 1. The van der Waals surface area contributed by atoms with Gasteiger partial charge in [-0.05, 0) is 73.9 Å². The molecule has 9 nitrogen and oxygen atoms in total. The largest absolute Gasteiger partial charge is 0.507 e. The van der Waals surface area contributed by atoms with Crippen molar-refractivity contribution < 1.29 is 33.6 Å². The monoisotopic (exact) mass is 600 g/mol. The van der Waals surface area contributed by atoms with E-state index in [1.54, 1.807) is 36.4 Å². The highest BCUT2D eigenvalue weighted by molar-refractivity contribution is 7.22. The Balaban J connectivity index is 1.51. The van der Waals surface area contributed by atoms with Gasteiger partial charge < -0.3 is 24.1 Å². The van der Waals surface area contributed by atoms with Gasteiger partial charge in [-0.15, -0.1) is 0 Å². The van der Waals surface area contributed by atoms with Gasteiger partial charge in [-0.2, -0.15) is 0 Å². The predicted molar refractivity (Wildman–Crippen MR) is 165 cm³/mol. The fourth-order valence-electron chi connectivity index (χ4n) is 5.22. The number of anilines is 1. The van der Waals surface area contributed by atoms with Crippen LogP contribution in [0.4, 0.5) is 5.13 Å². The first-order valence-corrected chi connectivity index (χ1v) is 15.2. The molecule has 10 heteroatoms. The summed E-state index contributed by atoms with van der Waals surface area (Å²) in [6, 6.07) is 15.1. The number of fused-ring (bicyclic) bond motifs is 2. The van der Waals surface area contributed by atoms with Crippen LogP contribution >= 0.6 is 11.3 Å². The van der Waals surface area contributed by atoms with Crippen LogP contribution in [0.5, 0.6) is 23.0 Å². The van der Waals surface area contributed by atoms with Gasteiger partial charge in [0.25, 0.3) is 5.78 Å². The number of aliphatic hydroxyl groups is 1. The highest BCUT2D eigenvalue weighted by Gasteiger charge is 2.48. The second-order valence-corrected chi connectivity index (χ2v) is 11.3. The zero-order chi connectivity index (χ0) is 30.1. The average Bonchev–Trinajstić information content (AvgIpc) is 3.54. The molecule has 0 radical (unpaired) electrons. The van der Waals surface area contributed by atoms with Crippen LogP contribution in [-0.4, -0.2) is 48.2 Å². The van der Waals surface area contributed by atoms with Gasteiger partial charge in [-0.25, -0.2) is 4.98 Å². The van der Waals surface area contributed by atoms with E-state index in [9.17, 15) is 14.7 Å². The molecule has 1 fully saturated rings. The van der Waals surface area contributed by atoms with Gasteiger partial charge in [0.1, 0.15) is 19.0 Å². The van der Waals surface area contributed by atoms with Crippen LogP contribution in [-0.2, 0) is 9.59 Å². The van der Waals surface area contributed by atoms with Crippen molar-refractivity contribution >= 4 is 44.1 Å². The number of benzene rings is 3. The quantitative estimate of drug-likeness (QED) is 0.0994. The number of ether oxygens (including phenoxy) is 4. The molecule has 222 valence electrons. The topological polar surface area (TPSA) is 107 Å². The third-order valence-electron chi connectivity index (χ3n) is 7.34. The molecule has 1 saturated heterocycles. The number of carbonyl (C=O) groups is 2. The summed E-state index contributed by atoms with van der Waals surface area (Å²) in [7, 11) is 0. The minimum Gasteiger partial charge on any atom is -0.507 e. The third-order valence-corrected chi connectivity index (χ3v) is 8.36. The molecule has 4 aromatic rings. The number of hydrogen-bond acceptors (Lipinski definition) is 9. The van der Waals surface area contributed by atoms with Crippen LogP contribution in [0.15, 0.2) is 60.2 Å². The van der Waals surface area contributed by atoms with Crippen molar-refractivity contribution in [2.75, 3.05) is 31.3 Å². The Bertz CT molecular complexity index is 1740. The first-order valence-electron chi connectivity index (χ1n) is 14.4. The van der Waals surface area contributed by atoms with E-state index < -0.39 is 17.7 Å². The van der Waals surface area contributed by atoms with Crippen molar-refractivity contribution in [2.24, 2.45) is 0 Å². The molecule has 1 aromatic heterocycles. The molecule has 1 atom stereocenters. The first kappa shape index (κ1) is 28.5. The van der Waals surface area contributed by atoms with Crippen molar-refractivity contribution in [3.8, 4) is 23.0 Å². The Morgan fingerprint density at radius 3 is 2.60 bits per heavy atom. The van der Waals surface area contributed by atoms with Gasteiger partial charge >= 0.3 is 5.91 Å². The Labute approximate surface area is 253 Å². The Hall–Kier alpha value is -4.57. The smallest absolute Gasteiger partial charge is 0.301 e. The lowest BCUT2D eigenvalue weighted by Crippen LogP contribution is -2.29. The molecular weight excluding hydrogens is 568 g/mol. The summed E-state index contributed by atoms with van der Waals surface area (Å²) in [6.45, 7) is 7.66. The maximum atomic E-state index is 13.8. The number of nitrogens with zero attached hydrogens (tertiary/aromatic N) is 2. The second kappa shape index (κ2) is 12.0. The molecule has 2 aliphatic heterocycles. The van der Waals surface area contributed by atoms with Crippen LogP contribution in [0, 0.1) is 6.92 Å². The van der Waals surface area contributed by atoms with Crippen molar-refractivity contribution in [1.82, 2.24) is 4.98 Å². The minimum atomic E-state index is -0.973. The van der Waals surface area contributed by atoms with Crippen LogP contribution in [0.25, 0.3) is 16.0 Å². The molecule has 6 rings (SSSR count). The van der Waals surface area contributed by atoms with Crippen LogP contribution in [0.3, 0.4) is 0 Å². The molecule has 43 heavy (non-hydrogen) atoms. The van der Waals surface area contributed by atoms with Gasteiger partial charge in [0.2, 0.25) is 0 Å². The number of amides is 1. The fourth-order valence-corrected chi connectivity index (χ4v) is 6.31. The highest BCUT2D eigenvalue weighted by Crippen LogP contribution is 2.46. The van der Waals surface area contributed by atoms with E-state index in [1.807, 2.05) is 32.0 Å². The summed E-state index contributed by atoms with van der Waals surface area (Å²) in [5.41, 5.74) is 2.61. The summed E-state index contributed by atoms with van der Waals surface area (Å²) < 4.78 is 24.1. The van der Waals surface area contributed by atoms with Crippen LogP contribution in [0.2, 0.25) is 0 Å². The fraction of sp³-hybridized carbons (Fsp3) is 0.303. The number of ketones is 1. The van der Waals surface area contributed by atoms with Crippen molar-refractivity contribution in [3.05, 3.63) is 76.9 Å². The van der Waals surface area contributed by atoms with Gasteiger partial charge in [0.15, 0.2) is 28.1 Å². The van der Waals surface area contributed by atoms with Crippen molar-refractivity contribution in [2.45, 2.75) is 39.7 Å². The Morgan fingerprint density at radius 1 is 1.00 bits per heavy atom. The number of carbonyl (C=O) groups excluding carboxylic acids is 2. The average molecular weight is 601 g/mol. The summed E-state index contributed by atoms with van der Waals surface area (Å²) in [5.74, 6) is 0.148.